The normalized spacial score (nSPS) is 13.7. The quantitative estimate of drug-likeness (QED) is 0.713. The van der Waals surface area contributed by atoms with Gasteiger partial charge in [-0.3, -0.25) is 0 Å². The first-order chi connectivity index (χ1) is 5.67. The highest BCUT2D eigenvalue weighted by Gasteiger charge is 2.33. The fraction of sp³-hybridized carbons (Fsp3) is 1.00. The summed E-state index contributed by atoms with van der Waals surface area (Å²) in [6.45, 7) is 0.118. The third kappa shape index (κ3) is 5.87. The Balaban J connectivity index is 4.46. The van der Waals surface area contributed by atoms with Gasteiger partial charge < -0.3 is 0 Å². The van der Waals surface area contributed by atoms with Gasteiger partial charge in [-0.05, 0) is 6.42 Å². The van der Waals surface area contributed by atoms with Crippen LogP contribution >= 0.6 is 0 Å². The molecule has 0 saturated carbocycles. The second-order valence-corrected chi connectivity index (χ2v) is 4.69. The molecule has 0 radical (unpaired) electrons. The Kier molecular flexibility index (Phi) is 4.18. The molecule has 0 aromatic carbocycles. The minimum absolute atomic E-state index is 0.0989. The van der Waals surface area contributed by atoms with Gasteiger partial charge in [0.1, 0.15) is 6.54 Å². The second-order valence-electron chi connectivity index (χ2n) is 2.71. The molecule has 0 amide bonds. The monoisotopic (exact) mass is 219 g/mol. The van der Waals surface area contributed by atoms with Crippen LogP contribution in [0.25, 0.3) is 0 Å². The zero-order valence-corrected chi connectivity index (χ0v) is 8.24. The fourth-order valence-electron chi connectivity index (χ4n) is 0.812. The lowest BCUT2D eigenvalue weighted by Crippen LogP contribution is -2.38. The van der Waals surface area contributed by atoms with Crippen LogP contribution in [0.1, 0.15) is 13.3 Å². The summed E-state index contributed by atoms with van der Waals surface area (Å²) in [4.78, 5) is 0. The van der Waals surface area contributed by atoms with Crippen molar-refractivity contribution in [1.29, 1.82) is 0 Å². The minimum atomic E-state index is -4.47. The van der Waals surface area contributed by atoms with Gasteiger partial charge in [0.2, 0.25) is 10.0 Å². The SMILES string of the molecule is CCCN(CC(F)(F)F)S(C)(=O)=O. The highest BCUT2D eigenvalue weighted by atomic mass is 32.2. The lowest BCUT2D eigenvalue weighted by Gasteiger charge is -2.20. The molecule has 0 aliphatic rings. The molecule has 0 saturated heterocycles. The Labute approximate surface area is 75.6 Å². The van der Waals surface area contributed by atoms with E-state index >= 15 is 0 Å². The first kappa shape index (κ1) is 12.7. The number of sulfonamides is 1. The van der Waals surface area contributed by atoms with E-state index in [1.165, 1.54) is 0 Å². The summed E-state index contributed by atoms with van der Waals surface area (Å²) in [6, 6.07) is 0. The summed E-state index contributed by atoms with van der Waals surface area (Å²) in [7, 11) is -3.75. The van der Waals surface area contributed by atoms with Gasteiger partial charge in [0.15, 0.2) is 0 Å². The second kappa shape index (κ2) is 4.28. The molecule has 0 unspecified atom stereocenters. The van der Waals surface area contributed by atoms with Gasteiger partial charge in [0.25, 0.3) is 0 Å². The molecule has 80 valence electrons. The van der Waals surface area contributed by atoms with E-state index in [2.05, 4.69) is 0 Å². The van der Waals surface area contributed by atoms with Crippen molar-refractivity contribution < 1.29 is 21.6 Å². The van der Waals surface area contributed by atoms with E-state index in [9.17, 15) is 21.6 Å². The molecule has 0 rings (SSSR count). The summed E-state index contributed by atoms with van der Waals surface area (Å²) in [5.74, 6) is 0. The van der Waals surface area contributed by atoms with Crippen molar-refractivity contribution in [1.82, 2.24) is 4.31 Å². The number of rotatable bonds is 4. The fourth-order valence-corrected chi connectivity index (χ4v) is 1.71. The Morgan fingerprint density at radius 1 is 1.31 bits per heavy atom. The van der Waals surface area contributed by atoms with E-state index in [1.807, 2.05) is 0 Å². The van der Waals surface area contributed by atoms with Crippen LogP contribution in [-0.2, 0) is 10.0 Å². The molecule has 7 heteroatoms. The molecule has 0 aliphatic carbocycles. The molecule has 0 fully saturated rings. The standard InChI is InChI=1S/C6H12F3NO2S/c1-3-4-10(13(2,11)12)5-6(7,8)9/h3-5H2,1-2H3. The van der Waals surface area contributed by atoms with E-state index < -0.39 is 22.7 Å². The molecule has 0 aromatic heterocycles. The molecule has 13 heavy (non-hydrogen) atoms. The van der Waals surface area contributed by atoms with Crippen molar-refractivity contribution in [3.8, 4) is 0 Å². The zero-order valence-electron chi connectivity index (χ0n) is 7.43. The molecule has 0 heterocycles. The largest absolute Gasteiger partial charge is 0.402 e. The average molecular weight is 219 g/mol. The topological polar surface area (TPSA) is 37.4 Å². The highest BCUT2D eigenvalue weighted by molar-refractivity contribution is 7.88. The van der Waals surface area contributed by atoms with Gasteiger partial charge in [-0.25, -0.2) is 8.42 Å². The Hall–Kier alpha value is -0.300. The summed E-state index contributed by atoms with van der Waals surface area (Å²) >= 11 is 0. The Bertz CT molecular complexity index is 247. The predicted molar refractivity (Wildman–Crippen MR) is 42.8 cm³/mol. The van der Waals surface area contributed by atoms with E-state index in [0.29, 0.717) is 10.7 Å². The molecule has 0 bridgehead atoms. The van der Waals surface area contributed by atoms with Crippen LogP contribution in [-0.4, -0.2) is 38.2 Å². The van der Waals surface area contributed by atoms with Gasteiger partial charge in [0.05, 0.1) is 6.26 Å². The van der Waals surface area contributed by atoms with Gasteiger partial charge in [-0.1, -0.05) is 6.92 Å². The first-order valence-electron chi connectivity index (χ1n) is 3.68. The summed E-state index contributed by atoms with van der Waals surface area (Å²) in [5, 5.41) is 0. The van der Waals surface area contributed by atoms with E-state index in [0.717, 1.165) is 6.26 Å². The predicted octanol–water partition coefficient (Wildman–Crippen LogP) is 1.22. The van der Waals surface area contributed by atoms with Gasteiger partial charge in [-0.2, -0.15) is 17.5 Å². The summed E-state index contributed by atoms with van der Waals surface area (Å²) < 4.78 is 57.6. The van der Waals surface area contributed by atoms with Crippen LogP contribution in [0.4, 0.5) is 13.2 Å². The zero-order chi connectivity index (χ0) is 10.7. The number of alkyl halides is 3. The van der Waals surface area contributed by atoms with Crippen LogP contribution in [0.5, 0.6) is 0 Å². The molecule has 0 spiro atoms. The van der Waals surface area contributed by atoms with Gasteiger partial charge >= 0.3 is 6.18 Å². The van der Waals surface area contributed by atoms with Gasteiger partial charge in [-0.15, -0.1) is 0 Å². The number of hydrogen-bond donors (Lipinski definition) is 0. The Morgan fingerprint density at radius 3 is 2.00 bits per heavy atom. The first-order valence-corrected chi connectivity index (χ1v) is 5.53. The van der Waals surface area contributed by atoms with Crippen molar-refractivity contribution in [2.24, 2.45) is 0 Å². The van der Waals surface area contributed by atoms with Crippen molar-refractivity contribution in [2.75, 3.05) is 19.3 Å². The third-order valence-electron chi connectivity index (χ3n) is 1.30. The van der Waals surface area contributed by atoms with Crippen LogP contribution in [0.3, 0.4) is 0 Å². The van der Waals surface area contributed by atoms with Crippen molar-refractivity contribution in [3.05, 3.63) is 0 Å². The maximum absolute atomic E-state index is 11.9. The van der Waals surface area contributed by atoms with E-state index in [1.54, 1.807) is 6.92 Å². The molecule has 0 aromatic rings. The minimum Gasteiger partial charge on any atom is -0.213 e. The lowest BCUT2D eigenvalue weighted by molar-refractivity contribution is -0.136. The van der Waals surface area contributed by atoms with Crippen LogP contribution in [0.15, 0.2) is 0 Å². The van der Waals surface area contributed by atoms with Gasteiger partial charge in [0, 0.05) is 6.54 Å². The average Bonchev–Trinajstić information content (AvgIpc) is 1.81. The molecular formula is C6H12F3NO2S. The molecule has 0 aliphatic heterocycles. The van der Waals surface area contributed by atoms with Crippen LogP contribution in [0.2, 0.25) is 0 Å². The van der Waals surface area contributed by atoms with Crippen molar-refractivity contribution in [3.63, 3.8) is 0 Å². The number of halogens is 3. The smallest absolute Gasteiger partial charge is 0.213 e. The molecular weight excluding hydrogens is 207 g/mol. The lowest BCUT2D eigenvalue weighted by atomic mass is 10.5. The van der Waals surface area contributed by atoms with Crippen LogP contribution < -0.4 is 0 Å². The van der Waals surface area contributed by atoms with Crippen LogP contribution in [0, 0.1) is 0 Å². The summed E-state index contributed by atoms with van der Waals surface area (Å²) in [6.07, 6.45) is -3.34. The summed E-state index contributed by atoms with van der Waals surface area (Å²) in [5.41, 5.74) is 0. The van der Waals surface area contributed by atoms with Crippen molar-refractivity contribution in [2.45, 2.75) is 19.5 Å². The number of hydrogen-bond acceptors (Lipinski definition) is 2. The molecule has 0 N–H and O–H groups in total. The third-order valence-corrected chi connectivity index (χ3v) is 2.55. The van der Waals surface area contributed by atoms with E-state index in [4.69, 9.17) is 0 Å². The maximum Gasteiger partial charge on any atom is 0.402 e. The highest BCUT2D eigenvalue weighted by Crippen LogP contribution is 2.18. The van der Waals surface area contributed by atoms with Crippen molar-refractivity contribution >= 4 is 10.0 Å². The maximum atomic E-state index is 11.9. The number of nitrogens with zero attached hydrogens (tertiary/aromatic N) is 1. The molecule has 0 atom stereocenters. The Morgan fingerprint density at radius 2 is 1.77 bits per heavy atom. The molecule has 3 nitrogen and oxygen atoms in total. The van der Waals surface area contributed by atoms with E-state index in [-0.39, 0.29) is 6.54 Å².